The Morgan fingerprint density at radius 1 is 1.33 bits per heavy atom. The first-order valence-electron chi connectivity index (χ1n) is 5.86. The van der Waals surface area contributed by atoms with E-state index in [1.807, 2.05) is 31.6 Å². The fourth-order valence-corrected chi connectivity index (χ4v) is 2.02. The van der Waals surface area contributed by atoms with Crippen molar-refractivity contribution in [2.45, 2.75) is 27.3 Å². The van der Waals surface area contributed by atoms with Gasteiger partial charge in [0, 0.05) is 18.4 Å². The number of pyridine rings is 1. The van der Waals surface area contributed by atoms with Crippen LogP contribution in [0.25, 0.3) is 5.82 Å². The number of halogens is 1. The Labute approximate surface area is 112 Å². The van der Waals surface area contributed by atoms with Gasteiger partial charge in [-0.05, 0) is 45.0 Å². The van der Waals surface area contributed by atoms with Gasteiger partial charge in [0.15, 0.2) is 5.82 Å². The summed E-state index contributed by atoms with van der Waals surface area (Å²) in [6.07, 6.45) is 1.68. The van der Waals surface area contributed by atoms with Crippen molar-refractivity contribution in [2.24, 2.45) is 0 Å². The molecule has 0 spiro atoms. The topological polar surface area (TPSA) is 42.7 Å². The maximum absolute atomic E-state index is 6.11. The summed E-state index contributed by atoms with van der Waals surface area (Å²) in [5.74, 6) is 0.804. The van der Waals surface area contributed by atoms with Crippen molar-refractivity contribution in [1.82, 2.24) is 20.1 Å². The lowest BCUT2D eigenvalue weighted by atomic mass is 10.2. The van der Waals surface area contributed by atoms with Crippen molar-refractivity contribution in [3.05, 3.63) is 39.8 Å². The number of nitrogens with one attached hydrogen (secondary N) is 1. The van der Waals surface area contributed by atoms with Crippen LogP contribution in [0.1, 0.15) is 22.5 Å². The van der Waals surface area contributed by atoms with E-state index in [1.54, 1.807) is 6.20 Å². The highest BCUT2D eigenvalue weighted by Gasteiger charge is 2.11. The Morgan fingerprint density at radius 3 is 2.61 bits per heavy atom. The Hall–Kier alpha value is -1.39. The predicted molar refractivity (Wildman–Crippen MR) is 73.3 cm³/mol. The first-order chi connectivity index (χ1) is 8.54. The molecule has 0 amide bonds. The van der Waals surface area contributed by atoms with E-state index in [4.69, 9.17) is 11.6 Å². The van der Waals surface area contributed by atoms with Crippen LogP contribution in [0.4, 0.5) is 0 Å². The van der Waals surface area contributed by atoms with E-state index in [-0.39, 0.29) is 0 Å². The van der Waals surface area contributed by atoms with E-state index in [0.29, 0.717) is 11.6 Å². The molecule has 4 nitrogen and oxygen atoms in total. The SMILES string of the molecule is CNCc1cc(-n2nc(C)c(C)c2C)ncc1Cl. The summed E-state index contributed by atoms with van der Waals surface area (Å²) < 4.78 is 1.86. The average Bonchev–Trinajstić information content (AvgIpc) is 2.60. The van der Waals surface area contributed by atoms with Gasteiger partial charge in [0.05, 0.1) is 10.7 Å². The lowest BCUT2D eigenvalue weighted by molar-refractivity contribution is 0.785. The maximum Gasteiger partial charge on any atom is 0.154 e. The third-order valence-electron chi connectivity index (χ3n) is 3.16. The maximum atomic E-state index is 6.11. The zero-order valence-electron chi connectivity index (χ0n) is 11.1. The highest BCUT2D eigenvalue weighted by Crippen LogP contribution is 2.20. The molecule has 2 heterocycles. The van der Waals surface area contributed by atoms with Gasteiger partial charge in [0.2, 0.25) is 0 Å². The third kappa shape index (κ3) is 2.26. The summed E-state index contributed by atoms with van der Waals surface area (Å²) in [6, 6.07) is 1.97. The van der Waals surface area contributed by atoms with Gasteiger partial charge in [0.1, 0.15) is 0 Å². The second-order valence-corrected chi connectivity index (χ2v) is 4.78. The standard InChI is InChI=1S/C13H17ClN4/c1-8-9(2)17-18(10(8)3)13-5-11(6-15-4)12(14)7-16-13/h5,7,15H,6H2,1-4H3. The monoisotopic (exact) mass is 264 g/mol. The molecule has 0 radical (unpaired) electrons. The van der Waals surface area contributed by atoms with Crippen molar-refractivity contribution in [2.75, 3.05) is 7.05 Å². The van der Waals surface area contributed by atoms with Gasteiger partial charge >= 0.3 is 0 Å². The molecule has 0 atom stereocenters. The first kappa shape index (κ1) is 13.1. The number of rotatable bonds is 3. The molecule has 2 rings (SSSR count). The molecule has 2 aromatic heterocycles. The molecular formula is C13H17ClN4. The minimum Gasteiger partial charge on any atom is -0.316 e. The molecule has 1 N–H and O–H groups in total. The Morgan fingerprint density at radius 2 is 2.06 bits per heavy atom. The molecular weight excluding hydrogens is 248 g/mol. The van der Waals surface area contributed by atoms with E-state index in [0.717, 1.165) is 22.8 Å². The number of aryl methyl sites for hydroxylation is 1. The van der Waals surface area contributed by atoms with E-state index >= 15 is 0 Å². The number of nitrogens with zero attached hydrogens (tertiary/aromatic N) is 3. The van der Waals surface area contributed by atoms with Crippen LogP contribution in [0.15, 0.2) is 12.3 Å². The van der Waals surface area contributed by atoms with Crippen molar-refractivity contribution in [3.63, 3.8) is 0 Å². The molecule has 0 aliphatic heterocycles. The van der Waals surface area contributed by atoms with Gasteiger partial charge in [-0.25, -0.2) is 9.67 Å². The summed E-state index contributed by atoms with van der Waals surface area (Å²) in [6.45, 7) is 6.83. The molecule has 0 aliphatic carbocycles. The van der Waals surface area contributed by atoms with Gasteiger partial charge in [-0.15, -0.1) is 0 Å². The van der Waals surface area contributed by atoms with Crippen LogP contribution in [-0.2, 0) is 6.54 Å². The highest BCUT2D eigenvalue weighted by molar-refractivity contribution is 6.31. The van der Waals surface area contributed by atoms with Crippen LogP contribution < -0.4 is 5.32 Å². The summed E-state index contributed by atoms with van der Waals surface area (Å²) in [5.41, 5.74) is 4.36. The molecule has 5 heteroatoms. The lowest BCUT2D eigenvalue weighted by Crippen LogP contribution is -2.08. The third-order valence-corrected chi connectivity index (χ3v) is 3.50. The summed E-state index contributed by atoms with van der Waals surface area (Å²) in [4.78, 5) is 4.35. The Kier molecular flexibility index (Phi) is 3.68. The fraction of sp³-hybridized carbons (Fsp3) is 0.385. The van der Waals surface area contributed by atoms with E-state index in [1.165, 1.54) is 5.56 Å². The molecule has 0 fully saturated rings. The summed E-state index contributed by atoms with van der Waals surface area (Å²) in [7, 11) is 1.89. The molecule has 0 saturated heterocycles. The molecule has 0 aliphatic rings. The molecule has 18 heavy (non-hydrogen) atoms. The molecule has 0 saturated carbocycles. The average molecular weight is 265 g/mol. The van der Waals surface area contributed by atoms with Crippen LogP contribution in [0.3, 0.4) is 0 Å². The number of hydrogen-bond donors (Lipinski definition) is 1. The van der Waals surface area contributed by atoms with Crippen LogP contribution in [0.2, 0.25) is 5.02 Å². The Balaban J connectivity index is 2.50. The summed E-state index contributed by atoms with van der Waals surface area (Å²) in [5, 5.41) is 8.27. The molecule has 0 bridgehead atoms. The van der Waals surface area contributed by atoms with Crippen molar-refractivity contribution in [1.29, 1.82) is 0 Å². The number of hydrogen-bond acceptors (Lipinski definition) is 3. The van der Waals surface area contributed by atoms with Crippen LogP contribution in [0.5, 0.6) is 0 Å². The highest BCUT2D eigenvalue weighted by atomic mass is 35.5. The quantitative estimate of drug-likeness (QED) is 0.927. The van der Waals surface area contributed by atoms with Gasteiger partial charge in [0.25, 0.3) is 0 Å². The molecule has 0 aromatic carbocycles. The molecule has 2 aromatic rings. The summed E-state index contributed by atoms with van der Waals surface area (Å²) >= 11 is 6.11. The lowest BCUT2D eigenvalue weighted by Gasteiger charge is -2.08. The molecule has 0 unspecified atom stereocenters. The first-order valence-corrected chi connectivity index (χ1v) is 6.24. The zero-order chi connectivity index (χ0) is 13.3. The van der Waals surface area contributed by atoms with E-state index < -0.39 is 0 Å². The van der Waals surface area contributed by atoms with Crippen LogP contribution >= 0.6 is 11.6 Å². The minimum absolute atomic E-state index is 0.673. The fourth-order valence-electron chi connectivity index (χ4n) is 1.85. The van der Waals surface area contributed by atoms with Crippen molar-refractivity contribution >= 4 is 11.6 Å². The van der Waals surface area contributed by atoms with E-state index in [9.17, 15) is 0 Å². The van der Waals surface area contributed by atoms with Crippen molar-refractivity contribution in [3.8, 4) is 5.82 Å². The van der Waals surface area contributed by atoms with Crippen molar-refractivity contribution < 1.29 is 0 Å². The van der Waals surface area contributed by atoms with Gasteiger partial charge < -0.3 is 5.32 Å². The number of aromatic nitrogens is 3. The Bertz CT molecular complexity index is 575. The molecule has 96 valence electrons. The predicted octanol–water partition coefficient (Wildman–Crippen LogP) is 2.57. The second kappa shape index (κ2) is 5.08. The smallest absolute Gasteiger partial charge is 0.154 e. The van der Waals surface area contributed by atoms with Gasteiger partial charge in [-0.3, -0.25) is 0 Å². The zero-order valence-corrected chi connectivity index (χ0v) is 11.8. The van der Waals surface area contributed by atoms with Gasteiger partial charge in [-0.1, -0.05) is 11.6 Å². The van der Waals surface area contributed by atoms with Crippen LogP contribution in [0, 0.1) is 20.8 Å². The van der Waals surface area contributed by atoms with Crippen LogP contribution in [-0.4, -0.2) is 21.8 Å². The second-order valence-electron chi connectivity index (χ2n) is 4.37. The van der Waals surface area contributed by atoms with E-state index in [2.05, 4.69) is 22.3 Å². The normalized spacial score (nSPS) is 10.9. The van der Waals surface area contributed by atoms with Gasteiger partial charge in [-0.2, -0.15) is 5.10 Å². The minimum atomic E-state index is 0.673. The largest absolute Gasteiger partial charge is 0.316 e.